The van der Waals surface area contributed by atoms with Crippen molar-refractivity contribution in [3.63, 3.8) is 0 Å². The van der Waals surface area contributed by atoms with Gasteiger partial charge in [-0.15, -0.1) is 0 Å². The first-order valence-corrected chi connectivity index (χ1v) is 6.57. The standard InChI is InChI=1S/C13H24N2O3/c1-9-6-5-7-10(8-9)11(16)14-15-12(17)18-13(2,3)4/h9-10H,5-8H2,1-4H3,(H,14,16)(H,15,17)/t9-,10+/m1/s1. The van der Waals surface area contributed by atoms with E-state index < -0.39 is 11.7 Å². The third-order valence-corrected chi connectivity index (χ3v) is 2.99. The van der Waals surface area contributed by atoms with Crippen molar-refractivity contribution in [2.45, 2.75) is 59.0 Å². The van der Waals surface area contributed by atoms with Crippen LogP contribution in [-0.4, -0.2) is 17.6 Å². The highest BCUT2D eigenvalue weighted by molar-refractivity contribution is 5.81. The molecule has 0 aliphatic heterocycles. The topological polar surface area (TPSA) is 67.4 Å². The van der Waals surface area contributed by atoms with Gasteiger partial charge in [0.25, 0.3) is 0 Å². The SMILES string of the molecule is C[C@@H]1CCC[C@H](C(=O)NNC(=O)OC(C)(C)C)C1. The molecule has 1 saturated carbocycles. The van der Waals surface area contributed by atoms with E-state index in [9.17, 15) is 9.59 Å². The number of carbonyl (C=O) groups is 2. The van der Waals surface area contributed by atoms with Gasteiger partial charge in [-0.2, -0.15) is 0 Å². The monoisotopic (exact) mass is 256 g/mol. The van der Waals surface area contributed by atoms with E-state index in [1.807, 2.05) is 0 Å². The molecule has 0 spiro atoms. The Morgan fingerprint density at radius 1 is 1.17 bits per heavy atom. The van der Waals surface area contributed by atoms with Gasteiger partial charge in [-0.25, -0.2) is 10.2 Å². The second-order valence-electron chi connectivity index (χ2n) is 6.08. The Labute approximate surface area is 109 Å². The molecule has 1 rings (SSSR count). The zero-order chi connectivity index (χ0) is 13.8. The van der Waals surface area contributed by atoms with Crippen molar-refractivity contribution in [1.82, 2.24) is 10.9 Å². The highest BCUT2D eigenvalue weighted by Gasteiger charge is 2.25. The molecule has 0 aromatic carbocycles. The lowest BCUT2D eigenvalue weighted by atomic mass is 9.82. The molecule has 1 fully saturated rings. The Bertz CT molecular complexity index is 310. The van der Waals surface area contributed by atoms with Crippen molar-refractivity contribution in [3.8, 4) is 0 Å². The first kappa shape index (κ1) is 14.8. The van der Waals surface area contributed by atoms with Gasteiger partial charge in [0.15, 0.2) is 0 Å². The fraction of sp³-hybridized carbons (Fsp3) is 0.846. The van der Waals surface area contributed by atoms with E-state index >= 15 is 0 Å². The molecule has 0 aromatic heterocycles. The molecule has 2 amide bonds. The van der Waals surface area contributed by atoms with Gasteiger partial charge in [-0.05, 0) is 39.5 Å². The fourth-order valence-electron chi connectivity index (χ4n) is 2.19. The van der Waals surface area contributed by atoms with Crippen molar-refractivity contribution in [2.24, 2.45) is 11.8 Å². The van der Waals surface area contributed by atoms with Gasteiger partial charge in [0, 0.05) is 5.92 Å². The maximum Gasteiger partial charge on any atom is 0.426 e. The van der Waals surface area contributed by atoms with E-state index in [1.165, 1.54) is 6.42 Å². The molecule has 104 valence electrons. The summed E-state index contributed by atoms with van der Waals surface area (Å²) in [7, 11) is 0. The van der Waals surface area contributed by atoms with E-state index in [2.05, 4.69) is 17.8 Å². The first-order valence-electron chi connectivity index (χ1n) is 6.57. The largest absolute Gasteiger partial charge is 0.443 e. The zero-order valence-corrected chi connectivity index (χ0v) is 11.7. The Hall–Kier alpha value is -1.26. The minimum absolute atomic E-state index is 0.00341. The molecule has 1 aliphatic rings. The van der Waals surface area contributed by atoms with Crippen LogP contribution in [0.2, 0.25) is 0 Å². The third-order valence-electron chi connectivity index (χ3n) is 2.99. The number of carbonyl (C=O) groups excluding carboxylic acids is 2. The minimum atomic E-state index is -0.625. The molecule has 2 N–H and O–H groups in total. The smallest absolute Gasteiger partial charge is 0.426 e. The highest BCUT2D eigenvalue weighted by atomic mass is 16.6. The summed E-state index contributed by atoms with van der Waals surface area (Å²) in [5.74, 6) is 0.465. The van der Waals surface area contributed by atoms with Gasteiger partial charge in [0.05, 0.1) is 0 Å². The number of amides is 2. The predicted octanol–water partition coefficient (Wildman–Crippen LogP) is 2.37. The summed E-state index contributed by atoms with van der Waals surface area (Å²) in [5, 5.41) is 0. The van der Waals surface area contributed by atoms with E-state index in [4.69, 9.17) is 4.74 Å². The molecule has 0 bridgehead atoms. The maximum atomic E-state index is 11.8. The van der Waals surface area contributed by atoms with E-state index in [1.54, 1.807) is 20.8 Å². The molecule has 0 saturated heterocycles. The fourth-order valence-corrected chi connectivity index (χ4v) is 2.19. The quantitative estimate of drug-likeness (QED) is 0.708. The molecular weight excluding hydrogens is 232 g/mol. The summed E-state index contributed by atoms with van der Waals surface area (Å²) >= 11 is 0. The lowest BCUT2D eigenvalue weighted by Gasteiger charge is -2.26. The van der Waals surface area contributed by atoms with Gasteiger partial charge < -0.3 is 4.74 Å². The zero-order valence-electron chi connectivity index (χ0n) is 11.7. The summed E-state index contributed by atoms with van der Waals surface area (Å²) in [6.07, 6.45) is 3.42. The molecular formula is C13H24N2O3. The Kier molecular flexibility index (Phi) is 4.99. The second kappa shape index (κ2) is 6.07. The van der Waals surface area contributed by atoms with Crippen LogP contribution in [0.3, 0.4) is 0 Å². The van der Waals surface area contributed by atoms with Gasteiger partial charge in [-0.1, -0.05) is 19.8 Å². The van der Waals surface area contributed by atoms with E-state index in [0.29, 0.717) is 5.92 Å². The lowest BCUT2D eigenvalue weighted by Crippen LogP contribution is -2.47. The number of nitrogens with one attached hydrogen (secondary N) is 2. The predicted molar refractivity (Wildman–Crippen MR) is 68.6 cm³/mol. The molecule has 0 unspecified atom stereocenters. The highest BCUT2D eigenvalue weighted by Crippen LogP contribution is 2.28. The maximum absolute atomic E-state index is 11.8. The van der Waals surface area contributed by atoms with Gasteiger partial charge in [-0.3, -0.25) is 10.2 Å². The molecule has 0 radical (unpaired) electrons. The van der Waals surface area contributed by atoms with Crippen LogP contribution in [0.1, 0.15) is 53.4 Å². The average Bonchev–Trinajstić information content (AvgIpc) is 2.23. The Morgan fingerprint density at radius 2 is 1.83 bits per heavy atom. The van der Waals surface area contributed by atoms with Crippen LogP contribution in [-0.2, 0) is 9.53 Å². The number of hydrazine groups is 1. The van der Waals surface area contributed by atoms with Crippen LogP contribution in [0, 0.1) is 11.8 Å². The lowest BCUT2D eigenvalue weighted by molar-refractivity contribution is -0.127. The average molecular weight is 256 g/mol. The van der Waals surface area contributed by atoms with Crippen LogP contribution < -0.4 is 10.9 Å². The molecule has 0 heterocycles. The van der Waals surface area contributed by atoms with Crippen LogP contribution in [0.4, 0.5) is 4.79 Å². The first-order chi connectivity index (χ1) is 8.28. The van der Waals surface area contributed by atoms with Crippen molar-refractivity contribution in [3.05, 3.63) is 0 Å². The van der Waals surface area contributed by atoms with Crippen LogP contribution in [0.5, 0.6) is 0 Å². The number of hydrogen-bond donors (Lipinski definition) is 2. The molecule has 5 nitrogen and oxygen atoms in total. The molecule has 1 aliphatic carbocycles. The van der Waals surface area contributed by atoms with E-state index in [0.717, 1.165) is 19.3 Å². The van der Waals surface area contributed by atoms with E-state index in [-0.39, 0.29) is 11.8 Å². The Morgan fingerprint density at radius 3 is 2.39 bits per heavy atom. The van der Waals surface area contributed by atoms with Gasteiger partial charge in [0.1, 0.15) is 5.60 Å². The third kappa shape index (κ3) is 5.38. The summed E-state index contributed by atoms with van der Waals surface area (Å²) in [4.78, 5) is 23.2. The summed E-state index contributed by atoms with van der Waals surface area (Å²) in [6, 6.07) is 0. The van der Waals surface area contributed by atoms with Crippen molar-refractivity contribution in [2.75, 3.05) is 0 Å². The van der Waals surface area contributed by atoms with Crippen molar-refractivity contribution < 1.29 is 14.3 Å². The van der Waals surface area contributed by atoms with Gasteiger partial charge >= 0.3 is 6.09 Å². The summed E-state index contributed by atoms with van der Waals surface area (Å²) < 4.78 is 5.03. The summed E-state index contributed by atoms with van der Waals surface area (Å²) in [5.41, 5.74) is 4.16. The summed E-state index contributed by atoms with van der Waals surface area (Å²) in [6.45, 7) is 7.48. The number of hydrogen-bond acceptors (Lipinski definition) is 3. The van der Waals surface area contributed by atoms with Crippen LogP contribution in [0.25, 0.3) is 0 Å². The number of rotatable bonds is 1. The Balaban J connectivity index is 2.30. The minimum Gasteiger partial charge on any atom is -0.443 e. The molecule has 18 heavy (non-hydrogen) atoms. The molecule has 5 heteroatoms. The van der Waals surface area contributed by atoms with Gasteiger partial charge in [0.2, 0.25) is 5.91 Å². The van der Waals surface area contributed by atoms with Crippen molar-refractivity contribution >= 4 is 12.0 Å². The van der Waals surface area contributed by atoms with Crippen LogP contribution >= 0.6 is 0 Å². The van der Waals surface area contributed by atoms with Crippen LogP contribution in [0.15, 0.2) is 0 Å². The molecule has 2 atom stereocenters. The number of ether oxygens (including phenoxy) is 1. The molecule has 0 aromatic rings. The second-order valence-corrected chi connectivity index (χ2v) is 6.08. The van der Waals surface area contributed by atoms with Crippen molar-refractivity contribution in [1.29, 1.82) is 0 Å². The normalized spacial score (nSPS) is 24.2.